The largest absolute Gasteiger partial charge is 0.472 e. The maximum Gasteiger partial charge on any atom is 0.472 e. The highest BCUT2D eigenvalue weighted by molar-refractivity contribution is 7.47. The molecule has 0 heterocycles. The van der Waals surface area contributed by atoms with Gasteiger partial charge >= 0.3 is 19.8 Å². The molecule has 0 aromatic carbocycles. The Morgan fingerprint density at radius 3 is 1.36 bits per heavy atom. The molecule has 0 aromatic rings. The second-order valence-corrected chi connectivity index (χ2v) is 17.6. The molecule has 3 atom stereocenters. The molecule has 0 spiro atoms. The van der Waals surface area contributed by atoms with Gasteiger partial charge in [0, 0.05) is 12.8 Å². The van der Waals surface area contributed by atoms with Crippen LogP contribution in [-0.2, 0) is 32.7 Å². The highest BCUT2D eigenvalue weighted by Gasteiger charge is 2.27. The molecular formula is C48H89O10P. The van der Waals surface area contributed by atoms with Crippen molar-refractivity contribution in [3.63, 3.8) is 0 Å². The van der Waals surface area contributed by atoms with Crippen LogP contribution in [0.5, 0.6) is 0 Å². The van der Waals surface area contributed by atoms with Crippen LogP contribution >= 0.6 is 7.82 Å². The summed E-state index contributed by atoms with van der Waals surface area (Å²) < 4.78 is 32.8. The fourth-order valence-electron chi connectivity index (χ4n) is 6.55. The maximum atomic E-state index is 12.6. The molecular weight excluding hydrogens is 767 g/mol. The summed E-state index contributed by atoms with van der Waals surface area (Å²) in [4.78, 5) is 35.1. The first-order valence-corrected chi connectivity index (χ1v) is 25.4. The van der Waals surface area contributed by atoms with Crippen molar-refractivity contribution >= 4 is 19.8 Å². The van der Waals surface area contributed by atoms with E-state index in [9.17, 15) is 24.2 Å². The van der Waals surface area contributed by atoms with Gasteiger partial charge in [0.15, 0.2) is 6.10 Å². The maximum absolute atomic E-state index is 12.6. The average molecular weight is 857 g/mol. The zero-order valence-electron chi connectivity index (χ0n) is 37.7. The van der Waals surface area contributed by atoms with Crippen molar-refractivity contribution in [1.82, 2.24) is 0 Å². The number of aliphatic hydroxyl groups excluding tert-OH is 2. The Bertz CT molecular complexity index is 1080. The molecule has 0 bridgehead atoms. The summed E-state index contributed by atoms with van der Waals surface area (Å²) in [6.07, 6.45) is 46.7. The number of phosphoric acid groups is 1. The van der Waals surface area contributed by atoms with Gasteiger partial charge in [-0.2, -0.15) is 0 Å². The third-order valence-electron chi connectivity index (χ3n) is 10.3. The van der Waals surface area contributed by atoms with Crippen LogP contribution in [0.4, 0.5) is 0 Å². The van der Waals surface area contributed by atoms with E-state index in [-0.39, 0.29) is 19.4 Å². The number of hydrogen-bond donors (Lipinski definition) is 3. The Hall–Kier alpha value is -1.81. The first-order chi connectivity index (χ1) is 28.7. The van der Waals surface area contributed by atoms with E-state index < -0.39 is 51.8 Å². The number of allylic oxidation sites excluding steroid dienone is 6. The first kappa shape index (κ1) is 57.2. The van der Waals surface area contributed by atoms with Crippen molar-refractivity contribution in [3.05, 3.63) is 36.5 Å². The van der Waals surface area contributed by atoms with Gasteiger partial charge in [-0.3, -0.25) is 18.6 Å². The molecule has 0 saturated heterocycles. The number of carbonyl (C=O) groups excluding carboxylic acids is 2. The molecule has 0 radical (unpaired) electrons. The molecule has 0 aromatic heterocycles. The molecule has 1 unspecified atom stereocenters. The fraction of sp³-hybridized carbons (Fsp3) is 0.833. The second-order valence-electron chi connectivity index (χ2n) is 16.1. The van der Waals surface area contributed by atoms with E-state index in [1.807, 2.05) is 0 Å². The first-order valence-electron chi connectivity index (χ1n) is 23.9. The average Bonchev–Trinajstić information content (AvgIpc) is 3.22. The molecule has 10 nitrogen and oxygen atoms in total. The van der Waals surface area contributed by atoms with Crippen LogP contribution in [0.25, 0.3) is 0 Å². The summed E-state index contributed by atoms with van der Waals surface area (Å²) in [6, 6.07) is 0. The zero-order chi connectivity index (χ0) is 43.3. The minimum atomic E-state index is -4.62. The van der Waals surface area contributed by atoms with Gasteiger partial charge in [-0.1, -0.05) is 172 Å². The molecule has 59 heavy (non-hydrogen) atoms. The molecule has 0 fully saturated rings. The lowest BCUT2D eigenvalue weighted by Gasteiger charge is -2.20. The minimum absolute atomic E-state index is 0.175. The predicted molar refractivity (Wildman–Crippen MR) is 242 cm³/mol. The van der Waals surface area contributed by atoms with Gasteiger partial charge in [0.05, 0.1) is 19.8 Å². The van der Waals surface area contributed by atoms with Crippen LogP contribution in [0.1, 0.15) is 219 Å². The molecule has 0 aliphatic carbocycles. The number of esters is 2. The predicted octanol–water partition coefficient (Wildman–Crippen LogP) is 13.1. The van der Waals surface area contributed by atoms with Crippen molar-refractivity contribution in [2.45, 2.75) is 232 Å². The fourth-order valence-corrected chi connectivity index (χ4v) is 7.34. The van der Waals surface area contributed by atoms with E-state index in [1.165, 1.54) is 116 Å². The van der Waals surface area contributed by atoms with Crippen LogP contribution < -0.4 is 0 Å². The van der Waals surface area contributed by atoms with Crippen molar-refractivity contribution in [3.8, 4) is 0 Å². The van der Waals surface area contributed by atoms with Gasteiger partial charge in [-0.25, -0.2) is 4.57 Å². The lowest BCUT2D eigenvalue weighted by atomic mass is 10.1. The number of carbonyl (C=O) groups is 2. The number of unbranched alkanes of at least 4 members (excludes halogenated alkanes) is 25. The smallest absolute Gasteiger partial charge is 0.462 e. The summed E-state index contributed by atoms with van der Waals surface area (Å²) in [5.74, 6) is -0.933. The Balaban J connectivity index is 4.24. The number of hydrogen-bond acceptors (Lipinski definition) is 9. The van der Waals surface area contributed by atoms with E-state index in [0.29, 0.717) is 12.8 Å². The highest BCUT2D eigenvalue weighted by atomic mass is 31.2. The number of ether oxygens (including phenoxy) is 2. The van der Waals surface area contributed by atoms with Gasteiger partial charge in [0.25, 0.3) is 0 Å². The summed E-state index contributed by atoms with van der Waals surface area (Å²) >= 11 is 0. The van der Waals surface area contributed by atoms with Crippen molar-refractivity contribution in [1.29, 1.82) is 0 Å². The number of rotatable bonds is 45. The number of aliphatic hydroxyl groups is 2. The summed E-state index contributed by atoms with van der Waals surface area (Å²) in [5, 5.41) is 18.4. The highest BCUT2D eigenvalue weighted by Crippen LogP contribution is 2.43. The van der Waals surface area contributed by atoms with Crippen LogP contribution in [0.2, 0.25) is 0 Å². The van der Waals surface area contributed by atoms with Gasteiger partial charge in [0.2, 0.25) is 0 Å². The van der Waals surface area contributed by atoms with Gasteiger partial charge in [0.1, 0.15) is 12.7 Å². The van der Waals surface area contributed by atoms with Gasteiger partial charge < -0.3 is 24.6 Å². The Labute approximate surface area is 361 Å². The van der Waals surface area contributed by atoms with Crippen LogP contribution in [-0.4, -0.2) is 65.7 Å². The van der Waals surface area contributed by atoms with Gasteiger partial charge in [-0.05, 0) is 70.6 Å². The quantitative estimate of drug-likeness (QED) is 0.0234. The third kappa shape index (κ3) is 44.1. The molecule has 0 saturated carbocycles. The van der Waals surface area contributed by atoms with E-state index in [2.05, 4.69) is 50.3 Å². The Morgan fingerprint density at radius 1 is 0.508 bits per heavy atom. The summed E-state index contributed by atoms with van der Waals surface area (Å²) in [6.45, 7) is 2.36. The van der Waals surface area contributed by atoms with E-state index in [4.69, 9.17) is 23.6 Å². The zero-order valence-corrected chi connectivity index (χ0v) is 38.6. The summed E-state index contributed by atoms with van der Waals surface area (Å²) in [5.41, 5.74) is 0. The molecule has 0 aliphatic rings. The lowest BCUT2D eigenvalue weighted by Crippen LogP contribution is -2.29. The Morgan fingerprint density at radius 2 is 0.881 bits per heavy atom. The SMILES string of the molecule is CCCCC/C=C\C/C=C\CCCCCCCCCC(=O)O[C@H](COC(=O)CCCCCCCCC/C=C\CCCCCCCCCC)COP(=O)(O)OC[C@@H](O)CO. The van der Waals surface area contributed by atoms with Gasteiger partial charge in [-0.15, -0.1) is 0 Å². The monoisotopic (exact) mass is 857 g/mol. The molecule has 346 valence electrons. The molecule has 3 N–H and O–H groups in total. The second kappa shape index (κ2) is 44.3. The lowest BCUT2D eigenvalue weighted by molar-refractivity contribution is -0.161. The van der Waals surface area contributed by atoms with Crippen molar-refractivity contribution < 1.29 is 47.8 Å². The van der Waals surface area contributed by atoms with Crippen molar-refractivity contribution in [2.75, 3.05) is 26.4 Å². The van der Waals surface area contributed by atoms with Crippen LogP contribution in [0.3, 0.4) is 0 Å². The third-order valence-corrected chi connectivity index (χ3v) is 11.2. The van der Waals surface area contributed by atoms with E-state index >= 15 is 0 Å². The number of phosphoric ester groups is 1. The van der Waals surface area contributed by atoms with Crippen LogP contribution in [0.15, 0.2) is 36.5 Å². The molecule has 0 aliphatic heterocycles. The Kier molecular flexibility index (Phi) is 42.9. The molecule has 11 heteroatoms. The van der Waals surface area contributed by atoms with Crippen molar-refractivity contribution in [2.24, 2.45) is 0 Å². The minimum Gasteiger partial charge on any atom is -0.462 e. The molecule has 0 amide bonds. The van der Waals surface area contributed by atoms with E-state index in [1.54, 1.807) is 0 Å². The normalized spacial score (nSPS) is 14.1. The summed E-state index contributed by atoms with van der Waals surface area (Å²) in [7, 11) is -4.62. The van der Waals surface area contributed by atoms with Crippen LogP contribution in [0, 0.1) is 0 Å². The molecule has 0 rings (SSSR count). The standard InChI is InChI=1S/C48H89O10P/c1-3-5-7-9-11-13-15-17-19-21-22-24-25-27-29-31-33-35-37-39-47(51)55-43-46(44-57-59(53,54)56-42-45(50)41-49)58-48(52)40-38-36-34-32-30-28-26-23-20-18-16-14-12-10-8-6-4-2/h12,14,18,20-22,45-46,49-50H,3-11,13,15-17,19,23-44H2,1-2H3,(H,53,54)/b14-12-,20-18-,22-21-/t45-,46+/m0/s1. The van der Waals surface area contributed by atoms with E-state index in [0.717, 1.165) is 64.2 Å². The topological polar surface area (TPSA) is 149 Å².